The van der Waals surface area contributed by atoms with Crippen LogP contribution in [0.2, 0.25) is 0 Å². The third-order valence-corrected chi connectivity index (χ3v) is 8.23. The number of benzene rings is 1. The van der Waals surface area contributed by atoms with Crippen molar-refractivity contribution in [3.05, 3.63) is 46.9 Å². The Bertz CT molecular complexity index is 774. The molecule has 1 saturated carbocycles. The average Bonchev–Trinajstić information content (AvgIpc) is 2.79. The Hall–Kier alpha value is -1.79. The molecule has 4 rings (SSSR count). The number of rotatable bonds is 7. The number of fused-ring (bicyclic) bond motifs is 1. The molecule has 3 aliphatic rings. The Kier molecular flexibility index (Phi) is 8.09. The number of thioether (sulfide) groups is 1. The molecule has 2 atom stereocenters. The zero-order valence-corrected chi connectivity index (χ0v) is 19.2. The van der Waals surface area contributed by atoms with Gasteiger partial charge in [0.25, 0.3) is 5.91 Å². The van der Waals surface area contributed by atoms with Crippen molar-refractivity contribution in [2.75, 3.05) is 26.2 Å². The van der Waals surface area contributed by atoms with Crippen LogP contribution >= 0.6 is 11.8 Å². The monoisotopic (exact) mass is 441 g/mol. The van der Waals surface area contributed by atoms with Crippen molar-refractivity contribution in [2.45, 2.75) is 62.7 Å². The van der Waals surface area contributed by atoms with Gasteiger partial charge >= 0.3 is 0 Å². The van der Waals surface area contributed by atoms with Gasteiger partial charge in [0.2, 0.25) is 5.91 Å². The molecule has 2 aliphatic heterocycles. The van der Waals surface area contributed by atoms with Gasteiger partial charge in [-0.05, 0) is 69.6 Å². The highest BCUT2D eigenvalue weighted by molar-refractivity contribution is 8.04. The number of likely N-dealkylation sites (tertiary alicyclic amines) is 1. The minimum absolute atomic E-state index is 0.0818. The first-order chi connectivity index (χ1) is 15.2. The number of hydrogen-bond acceptors (Lipinski definition) is 4. The summed E-state index contributed by atoms with van der Waals surface area (Å²) >= 11 is 1.59. The lowest BCUT2D eigenvalue weighted by molar-refractivity contribution is -0.119. The lowest BCUT2D eigenvalue weighted by Crippen LogP contribution is -2.48. The van der Waals surface area contributed by atoms with Crippen molar-refractivity contribution < 1.29 is 9.59 Å². The zero-order valence-electron chi connectivity index (χ0n) is 18.4. The maximum atomic E-state index is 12.3. The minimum Gasteiger partial charge on any atom is -0.352 e. The summed E-state index contributed by atoms with van der Waals surface area (Å²) in [6.45, 7) is 3.97. The van der Waals surface area contributed by atoms with Crippen LogP contribution in [0.5, 0.6) is 0 Å². The molecule has 0 radical (unpaired) electrons. The number of carbonyl (C=O) groups is 2. The topological polar surface area (TPSA) is 61.4 Å². The van der Waals surface area contributed by atoms with Gasteiger partial charge in [-0.25, -0.2) is 0 Å². The Morgan fingerprint density at radius 1 is 1.13 bits per heavy atom. The van der Waals surface area contributed by atoms with E-state index in [1.54, 1.807) is 11.8 Å². The van der Waals surface area contributed by atoms with Crippen LogP contribution in [0.4, 0.5) is 0 Å². The van der Waals surface area contributed by atoms with Gasteiger partial charge < -0.3 is 15.5 Å². The molecule has 1 aliphatic carbocycles. The van der Waals surface area contributed by atoms with Crippen LogP contribution in [-0.2, 0) is 16.0 Å². The molecule has 1 aromatic carbocycles. The minimum atomic E-state index is -0.145. The molecule has 168 valence electrons. The highest BCUT2D eigenvalue weighted by Gasteiger charge is 2.34. The van der Waals surface area contributed by atoms with E-state index in [0.29, 0.717) is 16.7 Å². The van der Waals surface area contributed by atoms with Crippen LogP contribution in [0.25, 0.3) is 0 Å². The maximum Gasteiger partial charge on any atom is 0.258 e. The van der Waals surface area contributed by atoms with Gasteiger partial charge in [-0.3, -0.25) is 9.59 Å². The van der Waals surface area contributed by atoms with Gasteiger partial charge in [0, 0.05) is 23.9 Å². The Morgan fingerprint density at radius 3 is 2.71 bits per heavy atom. The highest BCUT2D eigenvalue weighted by atomic mass is 32.2. The Labute approximate surface area is 190 Å². The first-order valence-electron chi connectivity index (χ1n) is 11.9. The fourth-order valence-corrected chi connectivity index (χ4v) is 6.32. The molecule has 1 aromatic rings. The third-order valence-electron chi connectivity index (χ3n) is 6.81. The largest absolute Gasteiger partial charge is 0.352 e. The van der Waals surface area contributed by atoms with Crippen molar-refractivity contribution in [1.82, 2.24) is 15.5 Å². The molecule has 5 nitrogen and oxygen atoms in total. The van der Waals surface area contributed by atoms with Gasteiger partial charge in [-0.1, -0.05) is 43.2 Å². The molecule has 2 heterocycles. The molecular formula is C25H35N3O2S. The van der Waals surface area contributed by atoms with Crippen LogP contribution in [0.15, 0.2) is 41.3 Å². The summed E-state index contributed by atoms with van der Waals surface area (Å²) in [5.74, 6) is 0.558. The summed E-state index contributed by atoms with van der Waals surface area (Å²) in [7, 11) is 0. The SMILES string of the molecule is O=C(/C=C1\SC2CCCCC2NC1=O)NCCCN1CCC(Cc2ccccc2)CC1. The van der Waals surface area contributed by atoms with Gasteiger partial charge in [-0.15, -0.1) is 11.8 Å². The highest BCUT2D eigenvalue weighted by Crippen LogP contribution is 2.36. The van der Waals surface area contributed by atoms with Crippen molar-refractivity contribution in [3.63, 3.8) is 0 Å². The molecule has 0 bridgehead atoms. The van der Waals surface area contributed by atoms with Crippen LogP contribution in [0, 0.1) is 5.92 Å². The summed E-state index contributed by atoms with van der Waals surface area (Å²) in [5, 5.41) is 6.48. The number of hydrogen-bond donors (Lipinski definition) is 2. The third kappa shape index (κ3) is 6.59. The molecule has 0 spiro atoms. The fraction of sp³-hybridized carbons (Fsp3) is 0.600. The van der Waals surface area contributed by atoms with E-state index in [1.807, 2.05) is 0 Å². The summed E-state index contributed by atoms with van der Waals surface area (Å²) in [5.41, 5.74) is 1.45. The van der Waals surface area contributed by atoms with E-state index in [9.17, 15) is 9.59 Å². The second-order valence-electron chi connectivity index (χ2n) is 9.15. The van der Waals surface area contributed by atoms with Gasteiger partial charge in [0.05, 0.1) is 4.91 Å². The Balaban J connectivity index is 1.12. The summed E-state index contributed by atoms with van der Waals surface area (Å²) in [6, 6.07) is 11.1. The first-order valence-corrected chi connectivity index (χ1v) is 12.8. The lowest BCUT2D eigenvalue weighted by Gasteiger charge is -2.36. The average molecular weight is 442 g/mol. The lowest BCUT2D eigenvalue weighted by atomic mass is 9.90. The van der Waals surface area contributed by atoms with Gasteiger partial charge in [0.15, 0.2) is 0 Å². The van der Waals surface area contributed by atoms with E-state index < -0.39 is 0 Å². The van der Waals surface area contributed by atoms with E-state index >= 15 is 0 Å². The Morgan fingerprint density at radius 2 is 1.90 bits per heavy atom. The molecular weight excluding hydrogens is 406 g/mol. The number of amides is 2. The number of nitrogens with one attached hydrogen (secondary N) is 2. The van der Waals surface area contributed by atoms with E-state index in [4.69, 9.17) is 0 Å². The molecule has 2 N–H and O–H groups in total. The van der Waals surface area contributed by atoms with E-state index in [1.165, 1.54) is 43.7 Å². The van der Waals surface area contributed by atoms with E-state index in [0.717, 1.165) is 44.8 Å². The van der Waals surface area contributed by atoms with Crippen molar-refractivity contribution >= 4 is 23.6 Å². The standard InChI is InChI=1S/C25H35N3O2S/c29-24(18-23-25(30)27-21-9-4-5-10-22(21)31-23)26-13-6-14-28-15-11-20(12-16-28)17-19-7-2-1-3-8-19/h1-3,7-8,18,20-22H,4-6,9-17H2,(H,26,29)(H,27,30)/b23-18-. The summed E-state index contributed by atoms with van der Waals surface area (Å²) in [6.07, 6.45) is 10.7. The zero-order chi connectivity index (χ0) is 21.5. The fourth-order valence-electron chi connectivity index (χ4n) is 5.00. The van der Waals surface area contributed by atoms with Crippen LogP contribution in [-0.4, -0.2) is 54.2 Å². The number of nitrogens with zero attached hydrogens (tertiary/aromatic N) is 1. The number of carbonyl (C=O) groups excluding carboxylic acids is 2. The van der Waals surface area contributed by atoms with E-state index in [-0.39, 0.29) is 17.9 Å². The smallest absolute Gasteiger partial charge is 0.258 e. The van der Waals surface area contributed by atoms with Crippen molar-refractivity contribution in [2.24, 2.45) is 5.92 Å². The second-order valence-corrected chi connectivity index (χ2v) is 10.4. The van der Waals surface area contributed by atoms with Gasteiger partial charge in [0.1, 0.15) is 0 Å². The molecule has 2 unspecified atom stereocenters. The molecule has 0 aromatic heterocycles. The first kappa shape index (κ1) is 22.4. The van der Waals surface area contributed by atoms with Crippen LogP contribution in [0.3, 0.4) is 0 Å². The summed E-state index contributed by atoms with van der Waals surface area (Å²) in [4.78, 5) is 27.7. The van der Waals surface area contributed by atoms with Crippen LogP contribution < -0.4 is 10.6 Å². The quantitative estimate of drug-likeness (QED) is 0.502. The number of piperidine rings is 1. The predicted molar refractivity (Wildman–Crippen MR) is 127 cm³/mol. The second kappa shape index (κ2) is 11.2. The molecule has 3 fully saturated rings. The van der Waals surface area contributed by atoms with E-state index in [2.05, 4.69) is 45.9 Å². The summed E-state index contributed by atoms with van der Waals surface area (Å²) < 4.78 is 0. The maximum absolute atomic E-state index is 12.3. The molecule has 2 amide bonds. The molecule has 6 heteroatoms. The van der Waals surface area contributed by atoms with Gasteiger partial charge in [-0.2, -0.15) is 0 Å². The van der Waals surface area contributed by atoms with Crippen molar-refractivity contribution in [1.29, 1.82) is 0 Å². The molecule has 2 saturated heterocycles. The molecule has 31 heavy (non-hydrogen) atoms. The predicted octanol–water partition coefficient (Wildman–Crippen LogP) is 3.51. The normalized spacial score (nSPS) is 26.3. The van der Waals surface area contributed by atoms with Crippen molar-refractivity contribution in [3.8, 4) is 0 Å². The van der Waals surface area contributed by atoms with Crippen LogP contribution in [0.1, 0.15) is 50.5 Å².